The molecule has 0 bridgehead atoms. The predicted molar refractivity (Wildman–Crippen MR) is 101 cm³/mol. The number of rotatable bonds is 2. The van der Waals surface area contributed by atoms with Gasteiger partial charge in [-0.3, -0.25) is 4.90 Å². The fourth-order valence-electron chi connectivity index (χ4n) is 5.44. The Kier molecular flexibility index (Phi) is 3.74. The average molecular weight is 359 g/mol. The Hall–Kier alpha value is -1.78. The van der Waals surface area contributed by atoms with E-state index in [2.05, 4.69) is 36.1 Å². The number of piperidine rings is 1. The molecular formula is C20H23ClN2O2. The highest BCUT2D eigenvalue weighted by atomic mass is 35.5. The molecule has 1 saturated heterocycles. The van der Waals surface area contributed by atoms with Crippen molar-refractivity contribution in [1.82, 2.24) is 9.47 Å². The summed E-state index contributed by atoms with van der Waals surface area (Å²) in [4.78, 5) is 14.7. The van der Waals surface area contributed by atoms with Crippen LogP contribution in [0.25, 0.3) is 16.6 Å². The van der Waals surface area contributed by atoms with Crippen LogP contribution in [0.3, 0.4) is 0 Å². The van der Waals surface area contributed by atoms with Gasteiger partial charge in [0, 0.05) is 23.0 Å². The van der Waals surface area contributed by atoms with Crippen molar-refractivity contribution in [2.45, 2.75) is 38.6 Å². The van der Waals surface area contributed by atoms with Crippen LogP contribution in [0, 0.1) is 5.41 Å². The summed E-state index contributed by atoms with van der Waals surface area (Å²) >= 11 is 0. The molecule has 5 rings (SSSR count). The van der Waals surface area contributed by atoms with Crippen LogP contribution < -0.4 is 0 Å². The normalized spacial score (nSPS) is 27.4. The number of nitrogens with zero attached hydrogens (tertiary/aromatic N) is 2. The zero-order valence-electron chi connectivity index (χ0n) is 14.4. The number of halogens is 1. The van der Waals surface area contributed by atoms with Gasteiger partial charge in [0.2, 0.25) is 0 Å². The van der Waals surface area contributed by atoms with E-state index >= 15 is 0 Å². The first-order chi connectivity index (χ1) is 11.7. The van der Waals surface area contributed by atoms with E-state index in [4.69, 9.17) is 0 Å². The summed E-state index contributed by atoms with van der Waals surface area (Å²) in [7, 11) is 0. The van der Waals surface area contributed by atoms with E-state index in [1.807, 2.05) is 10.6 Å². The molecular weight excluding hydrogens is 336 g/mol. The highest BCUT2D eigenvalue weighted by molar-refractivity contribution is 6.12. The number of hydrogen-bond acceptors (Lipinski definition) is 2. The SMILES string of the molecule is CC[C@@]12C=C(C(=O)O)n3c4c(c5ccccc53)CCN(CCC1)[C@H]42.Cl. The van der Waals surface area contributed by atoms with E-state index in [1.54, 1.807) is 0 Å². The summed E-state index contributed by atoms with van der Waals surface area (Å²) in [6, 6.07) is 8.63. The van der Waals surface area contributed by atoms with Gasteiger partial charge in [-0.25, -0.2) is 4.79 Å². The van der Waals surface area contributed by atoms with Gasteiger partial charge in [-0.2, -0.15) is 0 Å². The van der Waals surface area contributed by atoms with Crippen LogP contribution >= 0.6 is 12.4 Å². The second-order valence-electron chi connectivity index (χ2n) is 7.43. The molecule has 3 aliphatic rings. The maximum absolute atomic E-state index is 12.1. The number of benzene rings is 1. The van der Waals surface area contributed by atoms with Crippen LogP contribution in [0.1, 0.15) is 43.5 Å². The number of para-hydroxylation sites is 1. The number of carboxylic acids is 1. The minimum atomic E-state index is -0.812. The lowest BCUT2D eigenvalue weighted by atomic mass is 9.66. The molecule has 1 fully saturated rings. The second-order valence-corrected chi connectivity index (χ2v) is 7.43. The number of carboxylic acid groups (broad SMARTS) is 1. The molecule has 0 unspecified atom stereocenters. The van der Waals surface area contributed by atoms with Crippen LogP contribution in [0.15, 0.2) is 30.3 Å². The summed E-state index contributed by atoms with van der Waals surface area (Å²) in [5.41, 5.74) is 4.09. The number of aliphatic carboxylic acids is 1. The molecule has 4 heterocycles. The number of aromatic nitrogens is 1. The van der Waals surface area contributed by atoms with Gasteiger partial charge in [0.1, 0.15) is 5.70 Å². The molecule has 1 aromatic heterocycles. The van der Waals surface area contributed by atoms with Gasteiger partial charge in [0.15, 0.2) is 0 Å². The lowest BCUT2D eigenvalue weighted by Gasteiger charge is -2.53. The molecule has 0 aliphatic carbocycles. The first kappa shape index (κ1) is 16.7. The van der Waals surface area contributed by atoms with Gasteiger partial charge in [-0.1, -0.05) is 25.1 Å². The molecule has 0 radical (unpaired) electrons. The maximum Gasteiger partial charge on any atom is 0.352 e. The minimum absolute atomic E-state index is 0. The zero-order valence-corrected chi connectivity index (χ0v) is 15.2. The Balaban J connectivity index is 0.00000157. The van der Waals surface area contributed by atoms with Crippen molar-refractivity contribution in [2.24, 2.45) is 5.41 Å². The Bertz CT molecular complexity index is 900. The first-order valence-electron chi connectivity index (χ1n) is 8.99. The Morgan fingerprint density at radius 1 is 1.32 bits per heavy atom. The summed E-state index contributed by atoms with van der Waals surface area (Å²) in [5, 5.41) is 11.2. The zero-order chi connectivity index (χ0) is 16.5. The van der Waals surface area contributed by atoms with Gasteiger partial charge in [-0.05, 0) is 49.9 Å². The largest absolute Gasteiger partial charge is 0.477 e. The fraction of sp³-hybridized carbons (Fsp3) is 0.450. The number of carbonyl (C=O) groups is 1. The summed E-state index contributed by atoms with van der Waals surface area (Å²) < 4.78 is 2.04. The quantitative estimate of drug-likeness (QED) is 0.879. The molecule has 5 heteroatoms. The molecule has 25 heavy (non-hydrogen) atoms. The van der Waals surface area contributed by atoms with Crippen molar-refractivity contribution < 1.29 is 9.90 Å². The van der Waals surface area contributed by atoms with Crippen molar-refractivity contribution >= 4 is 35.0 Å². The summed E-state index contributed by atoms with van der Waals surface area (Å²) in [5.74, 6) is -0.812. The van der Waals surface area contributed by atoms with Crippen LogP contribution in [-0.2, 0) is 11.2 Å². The Morgan fingerprint density at radius 2 is 2.12 bits per heavy atom. The highest BCUT2D eigenvalue weighted by Gasteiger charge is 2.50. The summed E-state index contributed by atoms with van der Waals surface area (Å²) in [6.45, 7) is 4.43. The second kappa shape index (κ2) is 5.61. The molecule has 0 saturated carbocycles. The third kappa shape index (κ3) is 2.01. The van der Waals surface area contributed by atoms with E-state index in [9.17, 15) is 9.90 Å². The van der Waals surface area contributed by atoms with Crippen molar-refractivity contribution in [3.63, 3.8) is 0 Å². The third-order valence-electron chi connectivity index (χ3n) is 6.47. The van der Waals surface area contributed by atoms with Crippen molar-refractivity contribution in [3.05, 3.63) is 41.6 Å². The predicted octanol–water partition coefficient (Wildman–Crippen LogP) is 4.09. The molecule has 1 aromatic carbocycles. The van der Waals surface area contributed by atoms with E-state index in [0.717, 1.165) is 44.3 Å². The van der Waals surface area contributed by atoms with Gasteiger partial charge in [0.05, 0.1) is 11.6 Å². The van der Waals surface area contributed by atoms with Gasteiger partial charge < -0.3 is 9.67 Å². The van der Waals surface area contributed by atoms with Crippen molar-refractivity contribution in [2.75, 3.05) is 13.1 Å². The monoisotopic (exact) mass is 358 g/mol. The fourth-order valence-corrected chi connectivity index (χ4v) is 5.44. The molecule has 0 spiro atoms. The number of hydrogen-bond donors (Lipinski definition) is 1. The van der Waals surface area contributed by atoms with Crippen LogP contribution in [-0.4, -0.2) is 33.6 Å². The van der Waals surface area contributed by atoms with E-state index < -0.39 is 5.97 Å². The average Bonchev–Trinajstić information content (AvgIpc) is 2.95. The van der Waals surface area contributed by atoms with E-state index in [1.165, 1.54) is 16.6 Å². The van der Waals surface area contributed by atoms with Crippen molar-refractivity contribution in [3.8, 4) is 0 Å². The molecule has 3 aliphatic heterocycles. The molecule has 1 N–H and O–H groups in total. The van der Waals surface area contributed by atoms with Crippen LogP contribution in [0.4, 0.5) is 0 Å². The lowest BCUT2D eigenvalue weighted by Crippen LogP contribution is -2.51. The summed E-state index contributed by atoms with van der Waals surface area (Å²) in [6.07, 6.45) is 6.34. The van der Waals surface area contributed by atoms with E-state index in [-0.39, 0.29) is 17.8 Å². The minimum Gasteiger partial charge on any atom is -0.477 e. The topological polar surface area (TPSA) is 45.5 Å². The van der Waals surface area contributed by atoms with Gasteiger partial charge in [0.25, 0.3) is 0 Å². The standard InChI is InChI=1S/C20H22N2O2.ClH/c1-2-20-9-5-10-21-11-8-14-13-6-3-4-7-15(13)22(17(14)18(20)21)16(12-20)19(23)24;/h3-4,6-7,12,18H,2,5,8-11H2,1H3,(H,23,24);1H/t18-,20+;/m1./s1. The molecule has 132 valence electrons. The maximum atomic E-state index is 12.1. The van der Waals surface area contributed by atoms with Gasteiger partial charge >= 0.3 is 5.97 Å². The molecule has 0 amide bonds. The van der Waals surface area contributed by atoms with E-state index in [0.29, 0.717) is 11.7 Å². The molecule has 2 aromatic rings. The smallest absolute Gasteiger partial charge is 0.352 e. The van der Waals surface area contributed by atoms with Gasteiger partial charge in [-0.15, -0.1) is 12.4 Å². The molecule has 4 nitrogen and oxygen atoms in total. The third-order valence-corrected chi connectivity index (χ3v) is 6.47. The Labute approximate surface area is 153 Å². The Morgan fingerprint density at radius 3 is 2.88 bits per heavy atom. The highest BCUT2D eigenvalue weighted by Crippen LogP contribution is 2.56. The lowest BCUT2D eigenvalue weighted by molar-refractivity contribution is -0.131. The first-order valence-corrected chi connectivity index (χ1v) is 8.99. The van der Waals surface area contributed by atoms with Crippen LogP contribution in [0.5, 0.6) is 0 Å². The number of fused-ring (bicyclic) bond motifs is 3. The molecule has 2 atom stereocenters. The van der Waals surface area contributed by atoms with Crippen LogP contribution in [0.2, 0.25) is 0 Å². The van der Waals surface area contributed by atoms with Crippen molar-refractivity contribution in [1.29, 1.82) is 0 Å².